The van der Waals surface area contributed by atoms with Gasteiger partial charge >= 0.3 is 5.97 Å². The molecule has 3 N–H and O–H groups in total. The van der Waals surface area contributed by atoms with Crippen LogP contribution in [0.1, 0.15) is 50.3 Å². The first-order valence-corrected chi connectivity index (χ1v) is 11.8. The van der Waals surface area contributed by atoms with Gasteiger partial charge in [-0.3, -0.25) is 14.4 Å². The van der Waals surface area contributed by atoms with Crippen LogP contribution in [0, 0.1) is 11.8 Å². The van der Waals surface area contributed by atoms with Crippen LogP contribution in [0.2, 0.25) is 0 Å². The van der Waals surface area contributed by atoms with Gasteiger partial charge in [0.2, 0.25) is 11.8 Å². The summed E-state index contributed by atoms with van der Waals surface area (Å²) >= 11 is 0. The third kappa shape index (κ3) is 9.68. The summed E-state index contributed by atoms with van der Waals surface area (Å²) in [6, 6.07) is 13.8. The predicted octanol–water partition coefficient (Wildman–Crippen LogP) is 3.75. The Morgan fingerprint density at radius 1 is 0.886 bits per heavy atom. The number of ether oxygens (including phenoxy) is 2. The molecule has 0 aliphatic heterocycles. The van der Waals surface area contributed by atoms with E-state index in [0.29, 0.717) is 30.7 Å². The number of benzene rings is 2. The lowest BCUT2D eigenvalue weighted by atomic mass is 9.92. The summed E-state index contributed by atoms with van der Waals surface area (Å²) in [4.78, 5) is 37.2. The van der Waals surface area contributed by atoms with Gasteiger partial charge in [-0.05, 0) is 54.2 Å². The highest BCUT2D eigenvalue weighted by atomic mass is 16.5. The fraction of sp³-hybridized carbons (Fsp3) is 0.444. The number of carbonyl (C=O) groups excluding carboxylic acids is 2. The van der Waals surface area contributed by atoms with Gasteiger partial charge in [-0.15, -0.1) is 0 Å². The van der Waals surface area contributed by atoms with Gasteiger partial charge in [-0.2, -0.15) is 0 Å². The molecule has 2 aromatic rings. The number of hydrogen-bond donors (Lipinski definition) is 3. The molecule has 2 unspecified atom stereocenters. The van der Waals surface area contributed by atoms with Crippen LogP contribution < -0.4 is 20.1 Å². The van der Waals surface area contributed by atoms with E-state index in [1.165, 1.54) is 0 Å². The summed E-state index contributed by atoms with van der Waals surface area (Å²) in [5, 5.41) is 15.1. The Balaban J connectivity index is 1.99. The number of carboxylic acid groups (broad SMARTS) is 1. The molecule has 8 nitrogen and oxygen atoms in total. The first kappa shape index (κ1) is 27.7. The zero-order valence-corrected chi connectivity index (χ0v) is 20.9. The van der Waals surface area contributed by atoms with E-state index in [1.807, 2.05) is 38.1 Å². The van der Waals surface area contributed by atoms with Crippen LogP contribution in [0.4, 0.5) is 0 Å². The summed E-state index contributed by atoms with van der Waals surface area (Å²) in [6.45, 7) is 4.43. The molecule has 190 valence electrons. The van der Waals surface area contributed by atoms with Crippen LogP contribution in [-0.2, 0) is 20.8 Å². The highest BCUT2D eigenvalue weighted by molar-refractivity contribution is 5.86. The average Bonchev–Trinajstić information content (AvgIpc) is 2.83. The lowest BCUT2D eigenvalue weighted by Crippen LogP contribution is -2.38. The van der Waals surface area contributed by atoms with Crippen molar-refractivity contribution >= 4 is 17.8 Å². The van der Waals surface area contributed by atoms with Crippen molar-refractivity contribution < 1.29 is 29.0 Å². The van der Waals surface area contributed by atoms with E-state index in [9.17, 15) is 19.5 Å². The predicted molar refractivity (Wildman–Crippen MR) is 133 cm³/mol. The van der Waals surface area contributed by atoms with Crippen molar-refractivity contribution in [2.75, 3.05) is 20.8 Å². The van der Waals surface area contributed by atoms with E-state index < -0.39 is 17.9 Å². The molecule has 0 spiro atoms. The van der Waals surface area contributed by atoms with Crippen molar-refractivity contribution in [3.8, 4) is 11.5 Å². The van der Waals surface area contributed by atoms with Gasteiger partial charge in [-0.1, -0.05) is 38.1 Å². The van der Waals surface area contributed by atoms with Crippen LogP contribution in [0.3, 0.4) is 0 Å². The van der Waals surface area contributed by atoms with Gasteiger partial charge < -0.3 is 25.2 Å². The van der Waals surface area contributed by atoms with Crippen molar-refractivity contribution in [3.05, 3.63) is 59.7 Å². The van der Waals surface area contributed by atoms with E-state index in [-0.39, 0.29) is 30.6 Å². The molecule has 0 bridgehead atoms. The summed E-state index contributed by atoms with van der Waals surface area (Å²) in [7, 11) is 3.16. The van der Waals surface area contributed by atoms with Crippen LogP contribution in [-0.4, -0.2) is 43.7 Å². The highest BCUT2D eigenvalue weighted by Crippen LogP contribution is 2.23. The minimum atomic E-state index is -1.03. The first-order chi connectivity index (χ1) is 16.7. The molecule has 8 heteroatoms. The molecule has 0 aliphatic carbocycles. The third-order valence-electron chi connectivity index (χ3n) is 5.67. The van der Waals surface area contributed by atoms with E-state index in [4.69, 9.17) is 9.47 Å². The SMILES string of the molecule is COc1ccc(CCNC(=O)CC(CC(C)C)C(=O)NC(CC(=O)O)c2ccc(OC)cc2)cc1. The summed E-state index contributed by atoms with van der Waals surface area (Å²) in [6.07, 6.45) is 0.949. The molecule has 0 radical (unpaired) electrons. The van der Waals surface area contributed by atoms with Gasteiger partial charge in [0.05, 0.1) is 26.7 Å². The van der Waals surface area contributed by atoms with Crippen molar-refractivity contribution in [2.45, 2.75) is 45.6 Å². The smallest absolute Gasteiger partial charge is 0.305 e. The summed E-state index contributed by atoms with van der Waals surface area (Å²) < 4.78 is 10.3. The molecule has 2 amide bonds. The maximum absolute atomic E-state index is 13.1. The molecule has 0 aromatic heterocycles. The number of rotatable bonds is 14. The van der Waals surface area contributed by atoms with Crippen LogP contribution in [0.5, 0.6) is 11.5 Å². The molecule has 0 saturated carbocycles. The minimum Gasteiger partial charge on any atom is -0.497 e. The number of methoxy groups -OCH3 is 2. The second-order valence-electron chi connectivity index (χ2n) is 8.91. The molecule has 0 fully saturated rings. The van der Waals surface area contributed by atoms with Gasteiger partial charge in [0.15, 0.2) is 0 Å². The zero-order valence-electron chi connectivity index (χ0n) is 20.9. The van der Waals surface area contributed by atoms with Crippen LogP contribution >= 0.6 is 0 Å². The fourth-order valence-corrected chi connectivity index (χ4v) is 3.84. The third-order valence-corrected chi connectivity index (χ3v) is 5.67. The van der Waals surface area contributed by atoms with Crippen molar-refractivity contribution in [1.82, 2.24) is 10.6 Å². The molecular formula is C27H36N2O6. The molecule has 2 aromatic carbocycles. The summed E-state index contributed by atoms with van der Waals surface area (Å²) in [5.41, 5.74) is 1.73. The van der Waals surface area contributed by atoms with Gasteiger partial charge in [0, 0.05) is 18.9 Å². The monoisotopic (exact) mass is 484 g/mol. The Kier molecular flexibility index (Phi) is 11.1. The Morgan fingerprint density at radius 2 is 1.46 bits per heavy atom. The van der Waals surface area contributed by atoms with E-state index >= 15 is 0 Å². The number of carbonyl (C=O) groups is 3. The van der Waals surface area contributed by atoms with E-state index in [2.05, 4.69) is 10.6 Å². The van der Waals surface area contributed by atoms with Gasteiger partial charge in [0.25, 0.3) is 0 Å². The molecule has 35 heavy (non-hydrogen) atoms. The van der Waals surface area contributed by atoms with Gasteiger partial charge in [-0.25, -0.2) is 0 Å². The molecule has 2 atom stereocenters. The number of carboxylic acids is 1. The quantitative estimate of drug-likeness (QED) is 0.376. The lowest BCUT2D eigenvalue weighted by Gasteiger charge is -2.23. The maximum Gasteiger partial charge on any atom is 0.305 e. The van der Waals surface area contributed by atoms with E-state index in [0.717, 1.165) is 11.3 Å². The second-order valence-corrected chi connectivity index (χ2v) is 8.91. The van der Waals surface area contributed by atoms with Crippen LogP contribution in [0.15, 0.2) is 48.5 Å². The second kappa shape index (κ2) is 14.0. The molecular weight excluding hydrogens is 448 g/mol. The normalized spacial score (nSPS) is 12.5. The number of aliphatic carboxylic acids is 1. The minimum absolute atomic E-state index is 0.0367. The number of nitrogens with one attached hydrogen (secondary N) is 2. The maximum atomic E-state index is 13.1. The first-order valence-electron chi connectivity index (χ1n) is 11.8. The van der Waals surface area contributed by atoms with Crippen molar-refractivity contribution in [1.29, 1.82) is 0 Å². The topological polar surface area (TPSA) is 114 Å². The average molecular weight is 485 g/mol. The standard InChI is InChI=1S/C27H36N2O6/c1-18(2)15-21(16-25(30)28-14-13-19-5-9-22(34-3)10-6-19)27(33)29-24(17-26(31)32)20-7-11-23(35-4)12-8-20/h5-12,18,21,24H,13-17H2,1-4H3,(H,28,30)(H,29,33)(H,31,32). The molecule has 0 aliphatic rings. The lowest BCUT2D eigenvalue weighted by molar-refractivity contribution is -0.138. The Bertz CT molecular complexity index is 957. The van der Waals surface area contributed by atoms with Gasteiger partial charge in [0.1, 0.15) is 11.5 Å². The zero-order chi connectivity index (χ0) is 25.8. The fourth-order valence-electron chi connectivity index (χ4n) is 3.84. The highest BCUT2D eigenvalue weighted by Gasteiger charge is 2.26. The molecule has 0 saturated heterocycles. The molecule has 2 rings (SSSR count). The summed E-state index contributed by atoms with van der Waals surface area (Å²) in [5.74, 6) is -0.524. The van der Waals surface area contributed by atoms with Crippen molar-refractivity contribution in [2.24, 2.45) is 11.8 Å². The largest absolute Gasteiger partial charge is 0.497 e. The molecule has 0 heterocycles. The Morgan fingerprint density at radius 3 is 1.97 bits per heavy atom. The van der Waals surface area contributed by atoms with E-state index in [1.54, 1.807) is 38.5 Å². The van der Waals surface area contributed by atoms with Crippen molar-refractivity contribution in [3.63, 3.8) is 0 Å². The van der Waals surface area contributed by atoms with Crippen LogP contribution in [0.25, 0.3) is 0 Å². The number of hydrogen-bond acceptors (Lipinski definition) is 5. The Hall–Kier alpha value is -3.55. The number of amides is 2. The Labute approximate surface area is 207 Å².